The van der Waals surface area contributed by atoms with Gasteiger partial charge in [0.05, 0.1) is 0 Å². The molecule has 2 rings (SSSR count). The van der Waals surface area contributed by atoms with E-state index in [1.807, 2.05) is 0 Å². The second-order valence-corrected chi connectivity index (χ2v) is 11.1. The van der Waals surface area contributed by atoms with E-state index in [1.165, 1.54) is 89.9 Å². The molecule has 0 spiro atoms. The number of esters is 2. The molecule has 0 aromatic heterocycles. The van der Waals surface area contributed by atoms with Crippen LogP contribution in [0.2, 0.25) is 0 Å². The van der Waals surface area contributed by atoms with Crippen molar-refractivity contribution in [1.82, 2.24) is 9.80 Å². The van der Waals surface area contributed by atoms with Crippen molar-refractivity contribution in [2.24, 2.45) is 0 Å². The monoisotopic (exact) mass is 492 g/mol. The summed E-state index contributed by atoms with van der Waals surface area (Å²) in [7, 11) is 0. The summed E-state index contributed by atoms with van der Waals surface area (Å²) in [5.74, 6) is -0.600. The molecule has 0 saturated carbocycles. The van der Waals surface area contributed by atoms with Gasteiger partial charge < -0.3 is 4.74 Å². The molecular formula is C30H56N2O3. The van der Waals surface area contributed by atoms with Gasteiger partial charge in [-0.3, -0.25) is 9.80 Å². The van der Waals surface area contributed by atoms with E-state index in [4.69, 9.17) is 4.74 Å². The van der Waals surface area contributed by atoms with E-state index in [2.05, 4.69) is 23.6 Å². The van der Waals surface area contributed by atoms with Crippen molar-refractivity contribution in [3.05, 3.63) is 0 Å². The highest BCUT2D eigenvalue weighted by Crippen LogP contribution is 2.23. The first-order valence-corrected chi connectivity index (χ1v) is 15.4. The van der Waals surface area contributed by atoms with Gasteiger partial charge in [0.15, 0.2) is 0 Å². The number of rotatable bonds is 20. The maximum atomic E-state index is 12.9. The Bertz CT molecular complexity index is 520. The smallest absolute Gasteiger partial charge is 0.331 e. The maximum Gasteiger partial charge on any atom is 0.331 e. The molecule has 2 aliphatic heterocycles. The predicted octanol–water partition coefficient (Wildman–Crippen LogP) is 7.27. The Labute approximate surface area is 216 Å². The Morgan fingerprint density at radius 2 is 0.914 bits per heavy atom. The molecule has 0 bridgehead atoms. The van der Waals surface area contributed by atoms with Crippen LogP contribution in [-0.4, -0.2) is 60.0 Å². The number of carbonyl (C=O) groups is 2. The lowest BCUT2D eigenvalue weighted by Gasteiger charge is -2.25. The molecule has 0 radical (unpaired) electrons. The number of carbonyl (C=O) groups excluding carboxylic acids is 2. The molecule has 0 amide bonds. The van der Waals surface area contributed by atoms with Crippen LogP contribution in [0.5, 0.6) is 0 Å². The topological polar surface area (TPSA) is 49.9 Å². The Hall–Kier alpha value is -0.940. The van der Waals surface area contributed by atoms with Crippen LogP contribution >= 0.6 is 0 Å². The standard InChI is InChI=1S/C30H56N2O3/c1-3-5-7-9-11-13-15-17-23-31-25-19-21-27(31)29(33)35-30(34)28-22-20-26-32(28)24-18-16-14-12-10-8-6-4-2/h27-28H,3-26H2,1-2H3/t27-,28-/m0/s1. The van der Waals surface area contributed by atoms with Crippen molar-refractivity contribution >= 4 is 11.9 Å². The van der Waals surface area contributed by atoms with Crippen molar-refractivity contribution in [3.63, 3.8) is 0 Å². The lowest BCUT2D eigenvalue weighted by molar-refractivity contribution is -0.166. The molecule has 0 aromatic carbocycles. The number of ether oxygens (including phenoxy) is 1. The molecule has 5 nitrogen and oxygen atoms in total. The van der Waals surface area contributed by atoms with Gasteiger partial charge in [-0.15, -0.1) is 0 Å². The highest BCUT2D eigenvalue weighted by Gasteiger charge is 2.37. The quantitative estimate of drug-likeness (QED) is 0.102. The van der Waals surface area contributed by atoms with Crippen LogP contribution in [-0.2, 0) is 14.3 Å². The molecule has 0 N–H and O–H groups in total. The fourth-order valence-corrected chi connectivity index (χ4v) is 5.85. The molecule has 2 atom stereocenters. The van der Waals surface area contributed by atoms with Gasteiger partial charge in [-0.25, -0.2) is 9.59 Å². The first-order valence-electron chi connectivity index (χ1n) is 15.4. The SMILES string of the molecule is CCCCCCCCCCN1CCC[C@H]1C(=O)OC(=O)[C@@H]1CCCN1CCCCCCCCCC. The maximum absolute atomic E-state index is 12.9. The molecule has 2 fully saturated rings. The Morgan fingerprint density at radius 3 is 1.29 bits per heavy atom. The third kappa shape index (κ3) is 12.2. The molecule has 2 aliphatic rings. The molecule has 5 heteroatoms. The van der Waals surface area contributed by atoms with Crippen LogP contribution in [0.15, 0.2) is 0 Å². The fraction of sp³-hybridized carbons (Fsp3) is 0.933. The summed E-state index contributed by atoms with van der Waals surface area (Å²) >= 11 is 0. The van der Waals surface area contributed by atoms with Crippen LogP contribution in [0.3, 0.4) is 0 Å². The zero-order chi connectivity index (χ0) is 25.1. The van der Waals surface area contributed by atoms with Gasteiger partial charge in [0.25, 0.3) is 0 Å². The molecule has 2 heterocycles. The first kappa shape index (κ1) is 30.3. The predicted molar refractivity (Wildman–Crippen MR) is 146 cm³/mol. The molecule has 0 aliphatic carbocycles. The zero-order valence-electron chi connectivity index (χ0n) is 23.2. The van der Waals surface area contributed by atoms with E-state index in [-0.39, 0.29) is 24.0 Å². The van der Waals surface area contributed by atoms with Crippen LogP contribution in [0, 0.1) is 0 Å². The summed E-state index contributed by atoms with van der Waals surface area (Å²) in [6.07, 6.45) is 24.4. The van der Waals surface area contributed by atoms with Gasteiger partial charge in [-0.1, -0.05) is 104 Å². The van der Waals surface area contributed by atoms with E-state index in [9.17, 15) is 9.59 Å². The second-order valence-electron chi connectivity index (χ2n) is 11.1. The number of unbranched alkanes of at least 4 members (excludes halogenated alkanes) is 14. The zero-order valence-corrected chi connectivity index (χ0v) is 23.2. The lowest BCUT2D eigenvalue weighted by atomic mass is 10.1. The summed E-state index contributed by atoms with van der Waals surface area (Å²) in [4.78, 5) is 30.3. The highest BCUT2D eigenvalue weighted by atomic mass is 16.6. The largest absolute Gasteiger partial charge is 0.391 e. The fourth-order valence-electron chi connectivity index (χ4n) is 5.85. The summed E-state index contributed by atoms with van der Waals surface area (Å²) < 4.78 is 5.48. The van der Waals surface area contributed by atoms with Gasteiger partial charge in [-0.2, -0.15) is 0 Å². The summed E-state index contributed by atoms with van der Waals surface area (Å²) in [5, 5.41) is 0. The van der Waals surface area contributed by atoms with E-state index in [1.54, 1.807) is 0 Å². The summed E-state index contributed by atoms with van der Waals surface area (Å²) in [6.45, 7) is 8.34. The minimum Gasteiger partial charge on any atom is -0.391 e. The van der Waals surface area contributed by atoms with Crippen LogP contribution in [0.25, 0.3) is 0 Å². The molecule has 2 saturated heterocycles. The average molecular weight is 493 g/mol. The van der Waals surface area contributed by atoms with E-state index in [0.29, 0.717) is 0 Å². The van der Waals surface area contributed by atoms with Crippen molar-refractivity contribution < 1.29 is 14.3 Å². The Balaban J connectivity index is 1.61. The van der Waals surface area contributed by atoms with E-state index in [0.717, 1.165) is 64.7 Å². The summed E-state index contributed by atoms with van der Waals surface area (Å²) in [6, 6.07) is -0.433. The van der Waals surface area contributed by atoms with Crippen LogP contribution in [0.4, 0.5) is 0 Å². The normalized spacial score (nSPS) is 21.1. The summed E-state index contributed by atoms with van der Waals surface area (Å²) in [5.41, 5.74) is 0. The van der Waals surface area contributed by atoms with E-state index >= 15 is 0 Å². The average Bonchev–Trinajstić information content (AvgIpc) is 3.52. The molecule has 204 valence electrons. The van der Waals surface area contributed by atoms with Crippen molar-refractivity contribution in [2.75, 3.05) is 26.2 Å². The van der Waals surface area contributed by atoms with E-state index < -0.39 is 0 Å². The highest BCUT2D eigenvalue weighted by molar-refractivity contribution is 5.91. The minimum absolute atomic E-state index is 0.217. The molecular weight excluding hydrogens is 436 g/mol. The third-order valence-electron chi connectivity index (χ3n) is 8.07. The molecule has 0 unspecified atom stereocenters. The second kappa shape index (κ2) is 19.2. The van der Waals surface area contributed by atoms with Crippen molar-refractivity contribution in [3.8, 4) is 0 Å². The third-order valence-corrected chi connectivity index (χ3v) is 8.07. The minimum atomic E-state index is -0.300. The van der Waals surface area contributed by atoms with Gasteiger partial charge in [0.1, 0.15) is 12.1 Å². The van der Waals surface area contributed by atoms with Crippen molar-refractivity contribution in [1.29, 1.82) is 0 Å². The Morgan fingerprint density at radius 1 is 0.571 bits per heavy atom. The van der Waals surface area contributed by atoms with Crippen LogP contribution < -0.4 is 0 Å². The number of nitrogens with zero attached hydrogens (tertiary/aromatic N) is 2. The van der Waals surface area contributed by atoms with Gasteiger partial charge in [0.2, 0.25) is 0 Å². The van der Waals surface area contributed by atoms with Gasteiger partial charge in [0, 0.05) is 0 Å². The number of hydrogen-bond acceptors (Lipinski definition) is 5. The van der Waals surface area contributed by atoms with Gasteiger partial charge >= 0.3 is 11.9 Å². The number of hydrogen-bond donors (Lipinski definition) is 0. The molecule has 35 heavy (non-hydrogen) atoms. The lowest BCUT2D eigenvalue weighted by Crippen LogP contribution is -2.43. The van der Waals surface area contributed by atoms with Crippen LogP contribution in [0.1, 0.15) is 142 Å². The Kier molecular flexibility index (Phi) is 16.6. The van der Waals surface area contributed by atoms with Crippen molar-refractivity contribution in [2.45, 2.75) is 154 Å². The molecule has 0 aromatic rings. The van der Waals surface area contributed by atoms with Gasteiger partial charge in [-0.05, 0) is 64.7 Å². The first-order chi connectivity index (χ1) is 17.2. The number of likely N-dealkylation sites (tertiary alicyclic amines) is 2.